The Hall–Kier alpha value is -2.24. The van der Waals surface area contributed by atoms with Gasteiger partial charge < -0.3 is 14.3 Å². The number of carbonyl (C=O) groups excluding carboxylic acids is 2. The van der Waals surface area contributed by atoms with Crippen LogP contribution in [0.5, 0.6) is 11.5 Å². The summed E-state index contributed by atoms with van der Waals surface area (Å²) < 4.78 is 10.5. The van der Waals surface area contributed by atoms with Crippen LogP contribution in [-0.4, -0.2) is 29.8 Å². The number of ether oxygens (including phenoxy) is 2. The summed E-state index contributed by atoms with van der Waals surface area (Å²) >= 11 is 0. The first kappa shape index (κ1) is 14.2. The average molecular weight is 279 g/mol. The minimum Gasteiger partial charge on any atom is -0.454 e. The molecule has 6 heteroatoms. The van der Waals surface area contributed by atoms with E-state index in [1.165, 1.54) is 13.8 Å². The van der Waals surface area contributed by atoms with Gasteiger partial charge in [0.25, 0.3) is 5.91 Å². The van der Waals surface area contributed by atoms with E-state index in [0.717, 1.165) is 10.6 Å². The second-order valence-corrected chi connectivity index (χ2v) is 4.67. The molecular formula is C14H17NO5. The van der Waals surface area contributed by atoms with Gasteiger partial charge in [0, 0.05) is 13.8 Å². The molecule has 0 bridgehead atoms. The zero-order valence-electron chi connectivity index (χ0n) is 11.7. The van der Waals surface area contributed by atoms with Crippen molar-refractivity contribution in [2.45, 2.75) is 33.2 Å². The fourth-order valence-electron chi connectivity index (χ4n) is 2.10. The van der Waals surface area contributed by atoms with Crippen molar-refractivity contribution in [2.24, 2.45) is 0 Å². The van der Waals surface area contributed by atoms with Gasteiger partial charge in [0.1, 0.15) is 0 Å². The highest BCUT2D eigenvalue weighted by molar-refractivity contribution is 5.75. The van der Waals surface area contributed by atoms with Crippen LogP contribution in [0.1, 0.15) is 26.3 Å². The predicted octanol–water partition coefficient (Wildman–Crippen LogP) is 1.67. The van der Waals surface area contributed by atoms with Crippen molar-refractivity contribution >= 4 is 11.9 Å². The van der Waals surface area contributed by atoms with Crippen LogP contribution in [-0.2, 0) is 20.8 Å². The van der Waals surface area contributed by atoms with E-state index in [1.807, 2.05) is 25.1 Å². The van der Waals surface area contributed by atoms with Crippen LogP contribution in [0.3, 0.4) is 0 Å². The van der Waals surface area contributed by atoms with Crippen LogP contribution in [0.4, 0.5) is 0 Å². The quantitative estimate of drug-likeness (QED) is 0.787. The lowest BCUT2D eigenvalue weighted by Crippen LogP contribution is -2.39. The molecule has 6 nitrogen and oxygen atoms in total. The van der Waals surface area contributed by atoms with Gasteiger partial charge in [-0.05, 0) is 31.0 Å². The predicted molar refractivity (Wildman–Crippen MR) is 70.0 cm³/mol. The van der Waals surface area contributed by atoms with Gasteiger partial charge in [0.2, 0.25) is 6.79 Å². The van der Waals surface area contributed by atoms with Gasteiger partial charge in [0.15, 0.2) is 11.5 Å². The van der Waals surface area contributed by atoms with Crippen molar-refractivity contribution in [3.05, 3.63) is 23.8 Å². The van der Waals surface area contributed by atoms with Crippen molar-refractivity contribution in [3.63, 3.8) is 0 Å². The average Bonchev–Trinajstić information content (AvgIpc) is 2.82. The molecule has 0 saturated carbocycles. The fraction of sp³-hybridized carbons (Fsp3) is 0.429. The number of rotatable bonds is 3. The molecule has 1 aliphatic rings. The maximum atomic E-state index is 11.5. The molecule has 0 fully saturated rings. The van der Waals surface area contributed by atoms with Gasteiger partial charge in [-0.2, -0.15) is 5.06 Å². The molecule has 1 atom stereocenters. The summed E-state index contributed by atoms with van der Waals surface area (Å²) in [5.74, 6) is 0.576. The van der Waals surface area contributed by atoms with E-state index in [4.69, 9.17) is 14.3 Å². The van der Waals surface area contributed by atoms with Crippen LogP contribution >= 0.6 is 0 Å². The van der Waals surface area contributed by atoms with Crippen LogP contribution in [0, 0.1) is 0 Å². The molecule has 2 rings (SSSR count). The highest BCUT2D eigenvalue weighted by atomic mass is 16.7. The molecule has 1 aromatic rings. The van der Waals surface area contributed by atoms with Gasteiger partial charge in [-0.1, -0.05) is 6.07 Å². The number of hydroxylamine groups is 2. The lowest BCUT2D eigenvalue weighted by molar-refractivity contribution is -0.203. The van der Waals surface area contributed by atoms with Crippen molar-refractivity contribution < 1.29 is 23.9 Å². The van der Waals surface area contributed by atoms with Gasteiger partial charge in [-0.15, -0.1) is 0 Å². The summed E-state index contributed by atoms with van der Waals surface area (Å²) in [5.41, 5.74) is 0.972. The molecule has 1 amide bonds. The standard InChI is InChI=1S/C14H17NO5/c1-9(15(10(2)16)20-11(3)17)6-12-4-5-13-14(7-12)19-8-18-13/h4-5,7,9H,6,8H2,1-3H3. The second-order valence-electron chi connectivity index (χ2n) is 4.67. The highest BCUT2D eigenvalue weighted by Gasteiger charge is 2.22. The van der Waals surface area contributed by atoms with E-state index in [1.54, 1.807) is 0 Å². The molecule has 20 heavy (non-hydrogen) atoms. The largest absolute Gasteiger partial charge is 0.454 e. The maximum Gasteiger partial charge on any atom is 0.329 e. The van der Waals surface area contributed by atoms with Crippen LogP contribution in [0.25, 0.3) is 0 Å². The summed E-state index contributed by atoms with van der Waals surface area (Å²) in [6.07, 6.45) is 0.545. The molecule has 0 N–H and O–H groups in total. The zero-order chi connectivity index (χ0) is 14.7. The number of nitrogens with zero attached hydrogens (tertiary/aromatic N) is 1. The topological polar surface area (TPSA) is 65.1 Å². The fourth-order valence-corrected chi connectivity index (χ4v) is 2.10. The molecule has 0 spiro atoms. The van der Waals surface area contributed by atoms with Gasteiger partial charge in [-0.25, -0.2) is 0 Å². The van der Waals surface area contributed by atoms with Crippen LogP contribution in [0.15, 0.2) is 18.2 Å². The van der Waals surface area contributed by atoms with Gasteiger partial charge in [-0.3, -0.25) is 9.59 Å². The van der Waals surface area contributed by atoms with Crippen molar-refractivity contribution in [3.8, 4) is 11.5 Å². The van der Waals surface area contributed by atoms with E-state index in [2.05, 4.69) is 0 Å². The van der Waals surface area contributed by atoms with E-state index in [0.29, 0.717) is 17.9 Å². The summed E-state index contributed by atoms with van der Waals surface area (Å²) in [6, 6.07) is 5.33. The first-order chi connectivity index (χ1) is 9.47. The third-order valence-corrected chi connectivity index (χ3v) is 2.91. The van der Waals surface area contributed by atoms with Gasteiger partial charge >= 0.3 is 5.97 Å². The Balaban J connectivity index is 2.07. The van der Waals surface area contributed by atoms with Crippen molar-refractivity contribution in [1.29, 1.82) is 0 Å². The summed E-state index contributed by atoms with van der Waals surface area (Å²) in [5, 5.41) is 1.09. The second kappa shape index (κ2) is 5.81. The molecule has 0 aromatic heterocycles. The van der Waals surface area contributed by atoms with Crippen molar-refractivity contribution in [2.75, 3.05) is 6.79 Å². The Labute approximate surface area is 117 Å². The number of benzene rings is 1. The molecule has 1 aliphatic heterocycles. The number of amides is 1. The van der Waals surface area contributed by atoms with Gasteiger partial charge in [0.05, 0.1) is 6.04 Å². The highest BCUT2D eigenvalue weighted by Crippen LogP contribution is 2.33. The third kappa shape index (κ3) is 3.20. The Morgan fingerprint density at radius 3 is 2.65 bits per heavy atom. The number of hydrogen-bond acceptors (Lipinski definition) is 5. The molecule has 0 aliphatic carbocycles. The molecule has 0 saturated heterocycles. The maximum absolute atomic E-state index is 11.5. The first-order valence-corrected chi connectivity index (χ1v) is 6.34. The smallest absolute Gasteiger partial charge is 0.329 e. The van der Waals surface area contributed by atoms with Crippen LogP contribution < -0.4 is 9.47 Å². The summed E-state index contributed by atoms with van der Waals surface area (Å²) in [7, 11) is 0. The SMILES string of the molecule is CC(=O)ON(C(C)=O)C(C)Cc1ccc2c(c1)OCO2. The van der Waals surface area contributed by atoms with E-state index < -0.39 is 5.97 Å². The third-order valence-electron chi connectivity index (χ3n) is 2.91. The number of fused-ring (bicyclic) bond motifs is 1. The molecule has 0 radical (unpaired) electrons. The Bertz CT molecular complexity index is 528. The van der Waals surface area contributed by atoms with E-state index >= 15 is 0 Å². The minimum atomic E-state index is -0.516. The molecule has 1 unspecified atom stereocenters. The molecular weight excluding hydrogens is 262 g/mol. The van der Waals surface area contributed by atoms with Crippen molar-refractivity contribution in [1.82, 2.24) is 5.06 Å². The summed E-state index contributed by atoms with van der Waals surface area (Å²) in [4.78, 5) is 27.4. The lowest BCUT2D eigenvalue weighted by Gasteiger charge is -2.25. The summed E-state index contributed by atoms with van der Waals surface area (Å²) in [6.45, 7) is 4.67. The van der Waals surface area contributed by atoms with E-state index in [9.17, 15) is 9.59 Å². The van der Waals surface area contributed by atoms with Crippen LogP contribution in [0.2, 0.25) is 0 Å². The molecule has 108 valence electrons. The number of carbonyl (C=O) groups is 2. The molecule has 1 aromatic carbocycles. The Morgan fingerprint density at radius 1 is 1.30 bits per heavy atom. The Morgan fingerprint density at radius 2 is 2.00 bits per heavy atom. The lowest BCUT2D eigenvalue weighted by atomic mass is 10.1. The first-order valence-electron chi connectivity index (χ1n) is 6.34. The Kier molecular flexibility index (Phi) is 4.12. The monoisotopic (exact) mass is 279 g/mol. The zero-order valence-corrected chi connectivity index (χ0v) is 11.7. The molecule has 1 heterocycles. The minimum absolute atomic E-state index is 0.224. The number of hydrogen-bond donors (Lipinski definition) is 0. The normalized spacial score (nSPS) is 13.8. The van der Waals surface area contributed by atoms with E-state index in [-0.39, 0.29) is 18.7 Å².